The summed E-state index contributed by atoms with van der Waals surface area (Å²) in [5.74, 6) is 0.0576. The first-order chi connectivity index (χ1) is 9.27. The smallest absolute Gasteiger partial charge is 0.165 e. The second kappa shape index (κ2) is 7.46. The van der Waals surface area contributed by atoms with Crippen LogP contribution in [0.1, 0.15) is 19.3 Å². The van der Waals surface area contributed by atoms with Crippen LogP contribution in [0.5, 0.6) is 5.75 Å². The van der Waals surface area contributed by atoms with Crippen molar-refractivity contribution in [1.29, 1.82) is 0 Å². The molecule has 0 amide bonds. The van der Waals surface area contributed by atoms with E-state index in [-0.39, 0.29) is 5.82 Å². The number of likely N-dealkylation sites (N-methyl/N-ethyl adjacent to an activating group) is 1. The number of halogens is 1. The number of nitrogens with one attached hydrogen (secondary N) is 1. The van der Waals surface area contributed by atoms with Crippen molar-refractivity contribution < 1.29 is 9.13 Å². The summed E-state index contributed by atoms with van der Waals surface area (Å²) < 4.78 is 18.9. The minimum atomic E-state index is -0.288. The van der Waals surface area contributed by atoms with Gasteiger partial charge in [-0.15, -0.1) is 0 Å². The van der Waals surface area contributed by atoms with Gasteiger partial charge in [0.05, 0.1) is 0 Å². The highest BCUT2D eigenvalue weighted by Gasteiger charge is 2.16. The van der Waals surface area contributed by atoms with Crippen molar-refractivity contribution in [3.63, 3.8) is 0 Å². The van der Waals surface area contributed by atoms with Crippen LogP contribution in [0.25, 0.3) is 0 Å². The largest absolute Gasteiger partial charge is 0.489 e. The molecule has 1 unspecified atom stereocenters. The van der Waals surface area contributed by atoms with Crippen LogP contribution in [0, 0.1) is 5.82 Å². The summed E-state index contributed by atoms with van der Waals surface area (Å²) in [4.78, 5) is 2.33. The van der Waals surface area contributed by atoms with Crippen LogP contribution in [-0.4, -0.2) is 44.2 Å². The molecular weight excluding hydrogens is 243 g/mol. The predicted molar refractivity (Wildman–Crippen MR) is 75.0 cm³/mol. The molecule has 106 valence electrons. The number of nitrogens with zero attached hydrogens (tertiary/aromatic N) is 1. The highest BCUT2D eigenvalue weighted by molar-refractivity contribution is 5.23. The van der Waals surface area contributed by atoms with Crippen molar-refractivity contribution in [2.75, 3.05) is 33.3 Å². The van der Waals surface area contributed by atoms with E-state index in [1.54, 1.807) is 18.2 Å². The Morgan fingerprint density at radius 2 is 2.16 bits per heavy atom. The van der Waals surface area contributed by atoms with Crippen LogP contribution in [0.15, 0.2) is 24.3 Å². The Kier molecular flexibility index (Phi) is 5.61. The zero-order valence-electron chi connectivity index (χ0n) is 11.6. The Labute approximate surface area is 114 Å². The highest BCUT2D eigenvalue weighted by Crippen LogP contribution is 2.16. The van der Waals surface area contributed by atoms with E-state index >= 15 is 0 Å². The molecule has 0 bridgehead atoms. The fourth-order valence-electron chi connectivity index (χ4n) is 2.49. The molecule has 3 nitrogen and oxygen atoms in total. The highest BCUT2D eigenvalue weighted by atomic mass is 19.1. The normalized spacial score (nSPS) is 20.3. The molecular formula is C15H23FN2O. The SMILES string of the molecule is CN(CCOc1ccccc1F)C1CCCNCC1. The fraction of sp³-hybridized carbons (Fsp3) is 0.600. The maximum atomic E-state index is 13.4. The standard InChI is InChI=1S/C15H23FN2O/c1-18(13-5-4-9-17-10-8-13)11-12-19-15-7-3-2-6-14(15)16/h2-3,6-7,13,17H,4-5,8-12H2,1H3. The molecule has 1 aromatic rings. The van der Waals surface area contributed by atoms with Gasteiger partial charge in [-0.05, 0) is 51.5 Å². The third kappa shape index (κ3) is 4.48. The topological polar surface area (TPSA) is 24.5 Å². The molecule has 0 saturated carbocycles. The van der Waals surface area contributed by atoms with Crippen molar-refractivity contribution in [2.24, 2.45) is 0 Å². The zero-order valence-corrected chi connectivity index (χ0v) is 11.6. The molecule has 1 N–H and O–H groups in total. The fourth-order valence-corrected chi connectivity index (χ4v) is 2.49. The van der Waals surface area contributed by atoms with Gasteiger partial charge in [0.2, 0.25) is 0 Å². The van der Waals surface area contributed by atoms with Crippen molar-refractivity contribution in [3.8, 4) is 5.75 Å². The van der Waals surface area contributed by atoms with Gasteiger partial charge in [-0.1, -0.05) is 12.1 Å². The van der Waals surface area contributed by atoms with Crippen LogP contribution in [0.2, 0.25) is 0 Å². The van der Waals surface area contributed by atoms with E-state index in [4.69, 9.17) is 4.74 Å². The van der Waals surface area contributed by atoms with Gasteiger partial charge in [-0.2, -0.15) is 0 Å². The van der Waals surface area contributed by atoms with Gasteiger partial charge in [0.25, 0.3) is 0 Å². The van der Waals surface area contributed by atoms with Gasteiger partial charge < -0.3 is 10.1 Å². The summed E-state index contributed by atoms with van der Waals surface area (Å²) >= 11 is 0. The molecule has 0 radical (unpaired) electrons. The molecule has 1 heterocycles. The Balaban J connectivity index is 1.74. The number of hydrogen-bond donors (Lipinski definition) is 1. The lowest BCUT2D eigenvalue weighted by atomic mass is 10.1. The summed E-state index contributed by atoms with van der Waals surface area (Å²) in [6.45, 7) is 3.57. The van der Waals surface area contributed by atoms with Gasteiger partial charge in [0.15, 0.2) is 11.6 Å². The van der Waals surface area contributed by atoms with Gasteiger partial charge in [-0.3, -0.25) is 4.90 Å². The van der Waals surface area contributed by atoms with E-state index in [1.165, 1.54) is 25.3 Å². The van der Waals surface area contributed by atoms with Crippen LogP contribution >= 0.6 is 0 Å². The third-order valence-electron chi connectivity index (χ3n) is 3.71. The minimum absolute atomic E-state index is 0.288. The number of benzene rings is 1. The lowest BCUT2D eigenvalue weighted by molar-refractivity contribution is 0.178. The van der Waals surface area contributed by atoms with Gasteiger partial charge >= 0.3 is 0 Å². The second-order valence-corrected chi connectivity index (χ2v) is 5.09. The summed E-state index contributed by atoms with van der Waals surface area (Å²) in [5, 5.41) is 3.41. The average molecular weight is 266 g/mol. The van der Waals surface area contributed by atoms with Crippen molar-refractivity contribution in [2.45, 2.75) is 25.3 Å². The Bertz CT molecular complexity index is 378. The minimum Gasteiger partial charge on any atom is -0.489 e. The first kappa shape index (κ1) is 14.3. The van der Waals surface area contributed by atoms with Crippen LogP contribution in [-0.2, 0) is 0 Å². The third-order valence-corrected chi connectivity index (χ3v) is 3.71. The first-order valence-electron chi connectivity index (χ1n) is 7.05. The van der Waals surface area contributed by atoms with Crippen molar-refractivity contribution in [3.05, 3.63) is 30.1 Å². The van der Waals surface area contributed by atoms with E-state index in [2.05, 4.69) is 17.3 Å². The molecule has 4 heteroatoms. The summed E-state index contributed by atoms with van der Waals surface area (Å²) in [7, 11) is 2.13. The van der Waals surface area contributed by atoms with E-state index in [1.807, 2.05) is 0 Å². The summed E-state index contributed by atoms with van der Waals surface area (Å²) in [5.41, 5.74) is 0. The molecule has 1 saturated heterocycles. The molecule has 1 aromatic carbocycles. The average Bonchev–Trinajstić information content (AvgIpc) is 2.70. The molecule has 2 rings (SSSR count). The quantitative estimate of drug-likeness (QED) is 0.885. The maximum Gasteiger partial charge on any atom is 0.165 e. The molecule has 19 heavy (non-hydrogen) atoms. The molecule has 1 fully saturated rings. The van der Waals surface area contributed by atoms with E-state index in [0.29, 0.717) is 18.4 Å². The van der Waals surface area contributed by atoms with Crippen LogP contribution in [0.3, 0.4) is 0 Å². The number of rotatable bonds is 5. The van der Waals surface area contributed by atoms with Crippen LogP contribution < -0.4 is 10.1 Å². The molecule has 0 spiro atoms. The Hall–Kier alpha value is -1.13. The van der Waals surface area contributed by atoms with Gasteiger partial charge in [0.1, 0.15) is 6.61 Å². The lowest BCUT2D eigenvalue weighted by Crippen LogP contribution is -2.35. The van der Waals surface area contributed by atoms with Crippen molar-refractivity contribution in [1.82, 2.24) is 10.2 Å². The predicted octanol–water partition coefficient (Wildman–Crippen LogP) is 2.28. The molecule has 0 aliphatic carbocycles. The lowest BCUT2D eigenvalue weighted by Gasteiger charge is -2.26. The van der Waals surface area contributed by atoms with Crippen molar-refractivity contribution >= 4 is 0 Å². The second-order valence-electron chi connectivity index (χ2n) is 5.09. The zero-order chi connectivity index (χ0) is 13.5. The molecule has 1 atom stereocenters. The van der Waals surface area contributed by atoms with Gasteiger partial charge in [-0.25, -0.2) is 4.39 Å². The summed E-state index contributed by atoms with van der Waals surface area (Å²) in [6, 6.07) is 7.17. The first-order valence-corrected chi connectivity index (χ1v) is 7.05. The summed E-state index contributed by atoms with van der Waals surface area (Å²) in [6.07, 6.45) is 3.63. The van der Waals surface area contributed by atoms with E-state index < -0.39 is 0 Å². The van der Waals surface area contributed by atoms with E-state index in [0.717, 1.165) is 19.6 Å². The number of hydrogen-bond acceptors (Lipinski definition) is 3. The monoisotopic (exact) mass is 266 g/mol. The van der Waals surface area contributed by atoms with Crippen LogP contribution in [0.4, 0.5) is 4.39 Å². The molecule has 0 aromatic heterocycles. The maximum absolute atomic E-state index is 13.4. The number of para-hydroxylation sites is 1. The van der Waals surface area contributed by atoms with Gasteiger partial charge in [0, 0.05) is 12.6 Å². The van der Waals surface area contributed by atoms with E-state index in [9.17, 15) is 4.39 Å². The molecule has 1 aliphatic rings. The Morgan fingerprint density at radius 1 is 1.32 bits per heavy atom. The number of ether oxygens (including phenoxy) is 1. The molecule has 1 aliphatic heterocycles. The Morgan fingerprint density at radius 3 is 3.00 bits per heavy atom.